The highest BCUT2D eigenvalue weighted by Crippen LogP contribution is 2.07. The highest BCUT2D eigenvalue weighted by Gasteiger charge is 1.81. The molecule has 74 valence electrons. The Morgan fingerprint density at radius 2 is 2.50 bits per heavy atom. The smallest absolute Gasteiger partial charge is 0.125 e. The fraction of sp³-hybridized carbons (Fsp3) is 0.111. The van der Waals surface area contributed by atoms with Crippen molar-refractivity contribution >= 4 is 29.4 Å². The molecule has 1 heterocycles. The zero-order valence-electron chi connectivity index (χ0n) is 7.51. The first-order valence-corrected chi connectivity index (χ1v) is 5.92. The summed E-state index contributed by atoms with van der Waals surface area (Å²) >= 11 is 3.06. The number of allylic oxidation sites excluding steroid dienone is 2. The van der Waals surface area contributed by atoms with Gasteiger partial charge in [-0.15, -0.1) is 0 Å². The highest BCUT2D eigenvalue weighted by atomic mass is 32.2. The van der Waals surface area contributed by atoms with Crippen molar-refractivity contribution in [2.24, 2.45) is 5.11 Å². The van der Waals surface area contributed by atoms with E-state index in [9.17, 15) is 0 Å². The molecule has 0 aliphatic rings. The number of thiophene rings is 1. The van der Waals surface area contributed by atoms with Crippen LogP contribution < -0.4 is 4.72 Å². The molecule has 1 aromatic rings. The van der Waals surface area contributed by atoms with Gasteiger partial charge in [-0.25, -0.2) is 5.53 Å². The molecule has 0 aliphatic carbocycles. The lowest BCUT2D eigenvalue weighted by Crippen LogP contribution is -1.89. The van der Waals surface area contributed by atoms with Gasteiger partial charge in [0.15, 0.2) is 0 Å². The molecule has 14 heavy (non-hydrogen) atoms. The molecule has 1 rings (SSSR count). The minimum absolute atomic E-state index is 0.443. The number of nitrogens with one attached hydrogen (secondary N) is 2. The van der Waals surface area contributed by atoms with E-state index < -0.39 is 0 Å². The summed E-state index contributed by atoms with van der Waals surface area (Å²) < 4.78 is 2.94. The maximum atomic E-state index is 6.54. The van der Waals surface area contributed by atoms with Gasteiger partial charge in [-0.1, -0.05) is 12.2 Å². The maximum absolute atomic E-state index is 6.54. The van der Waals surface area contributed by atoms with E-state index in [1.165, 1.54) is 17.5 Å². The molecule has 0 saturated heterocycles. The van der Waals surface area contributed by atoms with Crippen molar-refractivity contribution in [3.8, 4) is 0 Å². The van der Waals surface area contributed by atoms with Crippen molar-refractivity contribution in [3.05, 3.63) is 40.7 Å². The Morgan fingerprint density at radius 3 is 3.21 bits per heavy atom. The summed E-state index contributed by atoms with van der Waals surface area (Å²) in [6.07, 6.45) is 7.73. The molecule has 0 saturated carbocycles. The third kappa shape index (κ3) is 4.84. The van der Waals surface area contributed by atoms with E-state index in [0.29, 0.717) is 5.88 Å². The summed E-state index contributed by atoms with van der Waals surface area (Å²) in [5, 5.41) is 7.33. The third-order valence-corrected chi connectivity index (χ3v) is 2.58. The van der Waals surface area contributed by atoms with E-state index >= 15 is 0 Å². The van der Waals surface area contributed by atoms with Crippen molar-refractivity contribution in [1.29, 1.82) is 5.53 Å². The Morgan fingerprint density at radius 1 is 1.57 bits per heavy atom. The first-order chi connectivity index (χ1) is 6.93. The summed E-state index contributed by atoms with van der Waals surface area (Å²) in [5.41, 5.74) is 7.76. The fourth-order valence-corrected chi connectivity index (χ4v) is 1.69. The molecule has 0 atom stereocenters. The van der Waals surface area contributed by atoms with Crippen molar-refractivity contribution in [1.82, 2.24) is 4.72 Å². The molecule has 0 amide bonds. The van der Waals surface area contributed by atoms with Crippen LogP contribution >= 0.6 is 23.3 Å². The molecule has 0 aliphatic heterocycles. The van der Waals surface area contributed by atoms with E-state index in [2.05, 4.69) is 21.3 Å². The Labute approximate surface area is 91.6 Å². The minimum Gasteiger partial charge on any atom is -0.335 e. The van der Waals surface area contributed by atoms with Gasteiger partial charge in [0.05, 0.1) is 0 Å². The van der Waals surface area contributed by atoms with Crippen LogP contribution in [0.1, 0.15) is 5.56 Å². The van der Waals surface area contributed by atoms with Gasteiger partial charge in [-0.05, 0) is 40.4 Å². The lowest BCUT2D eigenvalue weighted by Gasteiger charge is -1.91. The molecule has 0 spiro atoms. The van der Waals surface area contributed by atoms with Crippen molar-refractivity contribution in [3.63, 3.8) is 0 Å². The van der Waals surface area contributed by atoms with Gasteiger partial charge < -0.3 is 4.72 Å². The Bertz CT molecular complexity index is 304. The zero-order valence-corrected chi connectivity index (χ0v) is 9.15. The van der Waals surface area contributed by atoms with E-state index in [-0.39, 0.29) is 0 Å². The molecule has 0 radical (unpaired) electrons. The largest absolute Gasteiger partial charge is 0.335 e. The molecular weight excluding hydrogens is 214 g/mol. The van der Waals surface area contributed by atoms with Gasteiger partial charge in [0.25, 0.3) is 0 Å². The predicted octanol–water partition coefficient (Wildman–Crippen LogP) is 3.50. The quantitative estimate of drug-likeness (QED) is 0.337. The van der Waals surface area contributed by atoms with Gasteiger partial charge >= 0.3 is 0 Å². The van der Waals surface area contributed by atoms with E-state index in [1.807, 2.05) is 29.8 Å². The van der Waals surface area contributed by atoms with Gasteiger partial charge in [-0.2, -0.15) is 16.5 Å². The molecule has 5 heteroatoms. The molecular formula is C9H11N3S2. The number of rotatable bonds is 6. The van der Waals surface area contributed by atoms with Crippen LogP contribution in [0.2, 0.25) is 0 Å². The van der Waals surface area contributed by atoms with E-state index in [4.69, 9.17) is 5.53 Å². The molecule has 2 N–H and O–H groups in total. The topological polar surface area (TPSA) is 48.2 Å². The van der Waals surface area contributed by atoms with Crippen LogP contribution in [-0.2, 0) is 0 Å². The lowest BCUT2D eigenvalue weighted by molar-refractivity contribution is 1.05. The molecule has 0 bridgehead atoms. The SMILES string of the molecule is N=NCSNC=CC=Cc1ccsc1. The predicted molar refractivity (Wildman–Crippen MR) is 63.2 cm³/mol. The molecule has 1 aromatic heterocycles. The normalized spacial score (nSPS) is 11.1. The number of nitrogens with zero attached hydrogens (tertiary/aromatic N) is 1. The van der Waals surface area contributed by atoms with Crippen LogP contribution in [0.4, 0.5) is 0 Å². The fourth-order valence-electron chi connectivity index (χ4n) is 0.749. The Balaban J connectivity index is 2.16. The number of hydrogen-bond donors (Lipinski definition) is 2. The minimum atomic E-state index is 0.443. The summed E-state index contributed by atoms with van der Waals surface area (Å²) in [6.45, 7) is 0. The average Bonchev–Trinajstić information content (AvgIpc) is 2.69. The van der Waals surface area contributed by atoms with Crippen molar-refractivity contribution < 1.29 is 0 Å². The van der Waals surface area contributed by atoms with Crippen LogP contribution in [0.3, 0.4) is 0 Å². The van der Waals surface area contributed by atoms with Crippen molar-refractivity contribution in [2.45, 2.75) is 0 Å². The standard InChI is InChI=1S/C9H11N3S2/c10-11-8-14-12-5-2-1-3-9-4-6-13-7-9/h1-7,10,12H,8H2. The third-order valence-electron chi connectivity index (χ3n) is 1.32. The van der Waals surface area contributed by atoms with E-state index in [1.54, 1.807) is 11.3 Å². The van der Waals surface area contributed by atoms with Crippen LogP contribution in [0.5, 0.6) is 0 Å². The van der Waals surface area contributed by atoms with Gasteiger partial charge in [0.2, 0.25) is 0 Å². The monoisotopic (exact) mass is 225 g/mol. The van der Waals surface area contributed by atoms with Gasteiger partial charge in [-0.3, -0.25) is 0 Å². The summed E-state index contributed by atoms with van der Waals surface area (Å²) in [6, 6.07) is 2.07. The maximum Gasteiger partial charge on any atom is 0.125 e. The van der Waals surface area contributed by atoms with Crippen LogP contribution in [0.15, 0.2) is 40.3 Å². The first-order valence-electron chi connectivity index (χ1n) is 3.99. The summed E-state index contributed by atoms with van der Waals surface area (Å²) in [4.78, 5) is 0. The molecule has 0 aromatic carbocycles. The molecule has 3 nitrogen and oxygen atoms in total. The first kappa shape index (κ1) is 11.0. The van der Waals surface area contributed by atoms with E-state index in [0.717, 1.165) is 0 Å². The molecule has 0 unspecified atom stereocenters. The molecule has 0 fully saturated rings. The Kier molecular flexibility index (Phi) is 5.77. The summed E-state index contributed by atoms with van der Waals surface area (Å²) in [7, 11) is 0. The zero-order chi connectivity index (χ0) is 10.1. The Hall–Kier alpha value is -1.07. The second-order valence-corrected chi connectivity index (χ2v) is 3.89. The number of hydrogen-bond acceptors (Lipinski definition) is 5. The highest BCUT2D eigenvalue weighted by molar-refractivity contribution is 7.97. The van der Waals surface area contributed by atoms with Crippen LogP contribution in [-0.4, -0.2) is 5.88 Å². The average molecular weight is 225 g/mol. The van der Waals surface area contributed by atoms with Gasteiger partial charge in [0.1, 0.15) is 5.88 Å². The summed E-state index contributed by atoms with van der Waals surface area (Å²) in [5.74, 6) is 0.443. The van der Waals surface area contributed by atoms with Crippen LogP contribution in [0.25, 0.3) is 6.08 Å². The second-order valence-electron chi connectivity index (χ2n) is 2.32. The van der Waals surface area contributed by atoms with Gasteiger partial charge in [0, 0.05) is 6.20 Å². The lowest BCUT2D eigenvalue weighted by atomic mass is 10.3. The second kappa shape index (κ2) is 7.34. The van der Waals surface area contributed by atoms with Crippen molar-refractivity contribution in [2.75, 3.05) is 5.88 Å². The van der Waals surface area contributed by atoms with Crippen LogP contribution in [0, 0.1) is 5.53 Å².